The highest BCUT2D eigenvalue weighted by molar-refractivity contribution is 7.89. The van der Waals surface area contributed by atoms with Crippen LogP contribution in [0.25, 0.3) is 11.0 Å². The van der Waals surface area contributed by atoms with Crippen molar-refractivity contribution in [1.82, 2.24) is 4.31 Å². The number of sulfonamides is 1. The van der Waals surface area contributed by atoms with Crippen LogP contribution in [0.1, 0.15) is 20.9 Å². The molecule has 1 heterocycles. The zero-order valence-corrected chi connectivity index (χ0v) is 19.0. The monoisotopic (exact) mass is 481 g/mol. The molecule has 0 atom stereocenters. The molecule has 0 aliphatic rings. The summed E-state index contributed by atoms with van der Waals surface area (Å²) in [4.78, 5) is 25.9. The number of nitrogens with zero attached hydrogens (tertiary/aromatic N) is 1. The van der Waals surface area contributed by atoms with Gasteiger partial charge in [-0.25, -0.2) is 17.1 Å². The summed E-state index contributed by atoms with van der Waals surface area (Å²) in [5, 5.41) is 5.58. The van der Waals surface area contributed by atoms with Crippen LogP contribution in [-0.2, 0) is 10.0 Å². The van der Waals surface area contributed by atoms with Gasteiger partial charge in [0.1, 0.15) is 17.1 Å². The van der Waals surface area contributed by atoms with Gasteiger partial charge in [0.2, 0.25) is 15.8 Å². The SMILES string of the molecule is CN(C)S(=O)(=O)c1ccc(C(=O)Nc2c(C(=O)Nc3ccccc3F)oc3ccccc23)cc1. The van der Waals surface area contributed by atoms with Gasteiger partial charge in [0.05, 0.1) is 10.6 Å². The molecule has 2 amide bonds. The van der Waals surface area contributed by atoms with E-state index in [0.29, 0.717) is 11.0 Å². The van der Waals surface area contributed by atoms with E-state index in [4.69, 9.17) is 4.42 Å². The number of halogens is 1. The standard InChI is InChI=1S/C24H20FN3O5S/c1-28(2)34(31,32)16-13-11-15(12-14-16)23(29)27-21-17-7-3-6-10-20(17)33-22(21)24(30)26-19-9-5-4-8-18(19)25/h3-14H,1-2H3,(H,26,30)(H,27,29). The van der Waals surface area contributed by atoms with Gasteiger partial charge in [-0.3, -0.25) is 9.59 Å². The molecule has 0 saturated heterocycles. The molecule has 3 aromatic carbocycles. The Kier molecular flexibility index (Phi) is 6.18. The average Bonchev–Trinajstić information content (AvgIpc) is 3.19. The quantitative estimate of drug-likeness (QED) is 0.426. The highest BCUT2D eigenvalue weighted by atomic mass is 32.2. The number of carbonyl (C=O) groups excluding carboxylic acids is 2. The average molecular weight is 482 g/mol. The van der Waals surface area contributed by atoms with Crippen LogP contribution in [-0.4, -0.2) is 38.6 Å². The number of hydrogen-bond donors (Lipinski definition) is 2. The van der Waals surface area contributed by atoms with E-state index in [1.54, 1.807) is 30.3 Å². The van der Waals surface area contributed by atoms with E-state index in [1.807, 2.05) is 0 Å². The number of nitrogens with one attached hydrogen (secondary N) is 2. The van der Waals surface area contributed by atoms with Gasteiger partial charge in [0.25, 0.3) is 11.8 Å². The van der Waals surface area contributed by atoms with Crippen LogP contribution in [0.2, 0.25) is 0 Å². The lowest BCUT2D eigenvalue weighted by molar-refractivity contribution is 0.0999. The number of anilines is 2. The van der Waals surface area contributed by atoms with E-state index in [0.717, 1.165) is 4.31 Å². The minimum absolute atomic E-state index is 0.0350. The van der Waals surface area contributed by atoms with E-state index in [1.165, 1.54) is 56.6 Å². The maximum absolute atomic E-state index is 14.0. The van der Waals surface area contributed by atoms with Crippen LogP contribution in [0, 0.1) is 5.82 Å². The molecule has 0 spiro atoms. The van der Waals surface area contributed by atoms with Crippen LogP contribution in [0.4, 0.5) is 15.8 Å². The lowest BCUT2D eigenvalue weighted by Gasteiger charge is -2.12. The second-order valence-electron chi connectivity index (χ2n) is 7.50. The van der Waals surface area contributed by atoms with Gasteiger partial charge in [-0.15, -0.1) is 0 Å². The summed E-state index contributed by atoms with van der Waals surface area (Å²) in [6.07, 6.45) is 0. The molecule has 4 aromatic rings. The summed E-state index contributed by atoms with van der Waals surface area (Å²) in [5.41, 5.74) is 0.592. The van der Waals surface area contributed by atoms with Gasteiger partial charge in [-0.1, -0.05) is 24.3 Å². The van der Waals surface area contributed by atoms with Gasteiger partial charge >= 0.3 is 0 Å². The summed E-state index contributed by atoms with van der Waals surface area (Å²) in [6, 6.07) is 17.8. The predicted octanol–water partition coefficient (Wildman–Crippen LogP) is 4.33. The van der Waals surface area contributed by atoms with Crippen LogP contribution < -0.4 is 10.6 Å². The fraction of sp³-hybridized carbons (Fsp3) is 0.0833. The molecular formula is C24H20FN3O5S. The smallest absolute Gasteiger partial charge is 0.293 e. The fourth-order valence-corrected chi connectivity index (χ4v) is 4.15. The van der Waals surface area contributed by atoms with Crippen LogP contribution >= 0.6 is 0 Å². The summed E-state index contributed by atoms with van der Waals surface area (Å²) < 4.78 is 45.2. The molecule has 1 aromatic heterocycles. The molecular weight excluding hydrogens is 461 g/mol. The largest absolute Gasteiger partial charge is 0.449 e. The maximum atomic E-state index is 14.0. The second-order valence-corrected chi connectivity index (χ2v) is 9.65. The molecule has 34 heavy (non-hydrogen) atoms. The second kappa shape index (κ2) is 9.08. The summed E-state index contributed by atoms with van der Waals surface area (Å²) in [7, 11) is -0.825. The Balaban J connectivity index is 1.66. The van der Waals surface area contributed by atoms with Gasteiger partial charge in [-0.05, 0) is 48.5 Å². The number of rotatable bonds is 6. The number of benzene rings is 3. The summed E-state index contributed by atoms with van der Waals surface area (Å²) in [6.45, 7) is 0. The first-order valence-electron chi connectivity index (χ1n) is 10.1. The third-order valence-electron chi connectivity index (χ3n) is 5.06. The molecule has 174 valence electrons. The molecule has 0 aliphatic heterocycles. The predicted molar refractivity (Wildman–Crippen MR) is 126 cm³/mol. The number of fused-ring (bicyclic) bond motifs is 1. The summed E-state index contributed by atoms with van der Waals surface area (Å²) in [5.74, 6) is -2.15. The number of amides is 2. The Hall–Kier alpha value is -4.02. The van der Waals surface area contributed by atoms with Gasteiger partial charge in [-0.2, -0.15) is 0 Å². The molecule has 10 heteroatoms. The molecule has 0 fully saturated rings. The first-order valence-corrected chi connectivity index (χ1v) is 11.5. The molecule has 0 radical (unpaired) electrons. The van der Waals surface area contributed by atoms with Gasteiger partial charge in [0, 0.05) is 25.0 Å². The minimum Gasteiger partial charge on any atom is -0.449 e. The lowest BCUT2D eigenvalue weighted by Crippen LogP contribution is -2.22. The summed E-state index contributed by atoms with van der Waals surface area (Å²) >= 11 is 0. The molecule has 2 N–H and O–H groups in total. The van der Waals surface area contributed by atoms with Crippen molar-refractivity contribution in [1.29, 1.82) is 0 Å². The van der Waals surface area contributed by atoms with Crippen LogP contribution in [0.5, 0.6) is 0 Å². The Labute approximate surface area is 195 Å². The van der Waals surface area contributed by atoms with Crippen LogP contribution in [0.3, 0.4) is 0 Å². The van der Waals surface area contributed by atoms with E-state index in [2.05, 4.69) is 10.6 Å². The van der Waals surface area contributed by atoms with Crippen molar-refractivity contribution < 1.29 is 26.8 Å². The number of furan rings is 1. The molecule has 0 saturated carbocycles. The van der Waals surface area contributed by atoms with Crippen molar-refractivity contribution in [3.05, 3.63) is 89.9 Å². The van der Waals surface area contributed by atoms with Crippen LogP contribution in [0.15, 0.2) is 82.1 Å². The highest BCUT2D eigenvalue weighted by Crippen LogP contribution is 2.32. The Morgan fingerprint density at radius 1 is 0.853 bits per heavy atom. The number of para-hydroxylation sites is 2. The molecule has 0 aliphatic carbocycles. The molecule has 8 nitrogen and oxygen atoms in total. The topological polar surface area (TPSA) is 109 Å². The van der Waals surface area contributed by atoms with Gasteiger partial charge < -0.3 is 15.1 Å². The van der Waals surface area contributed by atoms with E-state index >= 15 is 0 Å². The third kappa shape index (κ3) is 4.41. The maximum Gasteiger partial charge on any atom is 0.293 e. The van der Waals surface area contributed by atoms with Crippen molar-refractivity contribution in [2.75, 3.05) is 24.7 Å². The van der Waals surface area contributed by atoms with Gasteiger partial charge in [0.15, 0.2) is 0 Å². The Morgan fingerprint density at radius 3 is 2.18 bits per heavy atom. The Morgan fingerprint density at radius 2 is 1.50 bits per heavy atom. The van der Waals surface area contributed by atoms with E-state index in [9.17, 15) is 22.4 Å². The first-order chi connectivity index (χ1) is 16.2. The zero-order valence-electron chi connectivity index (χ0n) is 18.2. The van der Waals surface area contributed by atoms with Crippen molar-refractivity contribution in [2.45, 2.75) is 4.90 Å². The highest BCUT2D eigenvalue weighted by Gasteiger charge is 2.24. The van der Waals surface area contributed by atoms with E-state index in [-0.39, 0.29) is 27.6 Å². The third-order valence-corrected chi connectivity index (χ3v) is 6.89. The van der Waals surface area contributed by atoms with E-state index < -0.39 is 27.7 Å². The Bertz CT molecular complexity index is 1490. The fourth-order valence-electron chi connectivity index (χ4n) is 3.25. The van der Waals surface area contributed by atoms with Crippen molar-refractivity contribution in [3.8, 4) is 0 Å². The molecule has 0 bridgehead atoms. The molecule has 4 rings (SSSR count). The zero-order chi connectivity index (χ0) is 24.5. The molecule has 0 unspecified atom stereocenters. The van der Waals surface area contributed by atoms with Crippen molar-refractivity contribution in [2.24, 2.45) is 0 Å². The number of carbonyl (C=O) groups is 2. The van der Waals surface area contributed by atoms with Crippen molar-refractivity contribution >= 4 is 44.2 Å². The van der Waals surface area contributed by atoms with Crippen molar-refractivity contribution in [3.63, 3.8) is 0 Å². The number of hydrogen-bond acceptors (Lipinski definition) is 5. The normalized spacial score (nSPS) is 11.5. The minimum atomic E-state index is -3.65. The first kappa shape index (κ1) is 23.1. The lowest BCUT2D eigenvalue weighted by atomic mass is 10.1.